The van der Waals surface area contributed by atoms with Crippen molar-refractivity contribution in [2.75, 3.05) is 13.2 Å². The lowest BCUT2D eigenvalue weighted by atomic mass is 9.95. The van der Waals surface area contributed by atoms with Crippen molar-refractivity contribution in [3.05, 3.63) is 0 Å². The molecule has 1 atom stereocenters. The van der Waals surface area contributed by atoms with Crippen LogP contribution < -0.4 is 5.32 Å². The molecule has 1 saturated carbocycles. The summed E-state index contributed by atoms with van der Waals surface area (Å²) in [6, 6.07) is -0.553. The molecule has 0 aromatic carbocycles. The van der Waals surface area contributed by atoms with Crippen molar-refractivity contribution in [2.45, 2.75) is 59.5 Å². The van der Waals surface area contributed by atoms with E-state index in [1.54, 1.807) is 34.6 Å². The second kappa shape index (κ2) is 6.91. The van der Waals surface area contributed by atoms with Crippen LogP contribution >= 0.6 is 0 Å². The number of ether oxygens (including phenoxy) is 1. The van der Waals surface area contributed by atoms with Gasteiger partial charge in [0.25, 0.3) is 0 Å². The number of nitrogens with one attached hydrogen (secondary N) is 1. The summed E-state index contributed by atoms with van der Waals surface area (Å²) in [7, 11) is 0. The highest BCUT2D eigenvalue weighted by molar-refractivity contribution is 5.91. The SMILES string of the molecule is CCOC(=O)CN(C(=O)C(C)NC(=O)C(C)(C)C)C1CC1. The van der Waals surface area contributed by atoms with Crippen molar-refractivity contribution in [3.8, 4) is 0 Å². The predicted molar refractivity (Wildman–Crippen MR) is 78.4 cm³/mol. The Morgan fingerprint density at radius 3 is 2.29 bits per heavy atom. The molecule has 0 aliphatic heterocycles. The highest BCUT2D eigenvalue weighted by Crippen LogP contribution is 2.27. The van der Waals surface area contributed by atoms with Gasteiger partial charge in [-0.15, -0.1) is 0 Å². The van der Waals surface area contributed by atoms with Crippen LogP contribution in [0.2, 0.25) is 0 Å². The normalized spacial score (nSPS) is 16.0. The summed E-state index contributed by atoms with van der Waals surface area (Å²) in [5, 5.41) is 2.71. The van der Waals surface area contributed by atoms with Crippen LogP contribution in [-0.4, -0.2) is 47.9 Å². The fraction of sp³-hybridized carbons (Fsp3) is 0.800. The Balaban J connectivity index is 2.64. The highest BCUT2D eigenvalue weighted by atomic mass is 16.5. The van der Waals surface area contributed by atoms with Crippen LogP contribution in [0.4, 0.5) is 0 Å². The van der Waals surface area contributed by atoms with E-state index >= 15 is 0 Å². The predicted octanol–water partition coefficient (Wildman–Crippen LogP) is 1.09. The molecule has 1 N–H and O–H groups in total. The zero-order chi connectivity index (χ0) is 16.2. The summed E-state index contributed by atoms with van der Waals surface area (Å²) in [5.74, 6) is -0.828. The van der Waals surface area contributed by atoms with Crippen molar-refractivity contribution < 1.29 is 19.1 Å². The van der Waals surface area contributed by atoms with Crippen LogP contribution in [0.1, 0.15) is 47.5 Å². The smallest absolute Gasteiger partial charge is 0.325 e. The Morgan fingerprint density at radius 1 is 1.29 bits per heavy atom. The van der Waals surface area contributed by atoms with Gasteiger partial charge in [0.05, 0.1) is 6.61 Å². The van der Waals surface area contributed by atoms with Gasteiger partial charge in [-0.25, -0.2) is 0 Å². The van der Waals surface area contributed by atoms with Gasteiger partial charge < -0.3 is 15.0 Å². The maximum Gasteiger partial charge on any atom is 0.325 e. The molecule has 6 nitrogen and oxygen atoms in total. The van der Waals surface area contributed by atoms with E-state index < -0.39 is 17.4 Å². The van der Waals surface area contributed by atoms with Gasteiger partial charge in [-0.1, -0.05) is 20.8 Å². The van der Waals surface area contributed by atoms with Crippen molar-refractivity contribution in [1.82, 2.24) is 10.2 Å². The minimum absolute atomic E-state index is 0.0485. The number of hydrogen-bond acceptors (Lipinski definition) is 4. The number of amides is 2. The van der Waals surface area contributed by atoms with E-state index in [1.807, 2.05) is 0 Å². The summed E-state index contributed by atoms with van der Waals surface area (Å²) in [4.78, 5) is 37.5. The van der Waals surface area contributed by atoms with Gasteiger partial charge in [0.2, 0.25) is 11.8 Å². The van der Waals surface area contributed by atoms with Crippen molar-refractivity contribution in [1.29, 1.82) is 0 Å². The van der Waals surface area contributed by atoms with Gasteiger partial charge in [0.15, 0.2) is 0 Å². The third-order valence-electron chi connectivity index (χ3n) is 3.27. The summed E-state index contributed by atoms with van der Waals surface area (Å²) in [6.07, 6.45) is 1.79. The van der Waals surface area contributed by atoms with Gasteiger partial charge in [-0.2, -0.15) is 0 Å². The fourth-order valence-electron chi connectivity index (χ4n) is 1.84. The fourth-order valence-corrected chi connectivity index (χ4v) is 1.84. The number of nitrogens with zero attached hydrogens (tertiary/aromatic N) is 1. The molecule has 0 radical (unpaired) electrons. The maximum atomic E-state index is 12.4. The topological polar surface area (TPSA) is 75.7 Å². The Morgan fingerprint density at radius 2 is 1.86 bits per heavy atom. The van der Waals surface area contributed by atoms with E-state index in [2.05, 4.69) is 5.32 Å². The van der Waals surface area contributed by atoms with Gasteiger partial charge >= 0.3 is 5.97 Å². The minimum Gasteiger partial charge on any atom is -0.465 e. The summed E-state index contributed by atoms with van der Waals surface area (Å²) < 4.78 is 4.90. The molecular formula is C15H26N2O4. The lowest BCUT2D eigenvalue weighted by molar-refractivity contribution is -0.150. The van der Waals surface area contributed by atoms with Crippen LogP contribution in [0.3, 0.4) is 0 Å². The van der Waals surface area contributed by atoms with E-state index in [-0.39, 0.29) is 24.4 Å². The van der Waals surface area contributed by atoms with Crippen molar-refractivity contribution >= 4 is 17.8 Å². The number of esters is 1. The zero-order valence-corrected chi connectivity index (χ0v) is 13.6. The van der Waals surface area contributed by atoms with E-state index in [0.717, 1.165) is 12.8 Å². The Bertz CT molecular complexity index is 410. The van der Waals surface area contributed by atoms with Gasteiger partial charge in [0.1, 0.15) is 12.6 Å². The first-order chi connectivity index (χ1) is 9.66. The number of hydrogen-bond donors (Lipinski definition) is 1. The molecule has 1 unspecified atom stereocenters. The molecule has 0 saturated heterocycles. The van der Waals surface area contributed by atoms with Crippen LogP contribution in [0.25, 0.3) is 0 Å². The molecule has 0 aromatic heterocycles. The Labute approximate surface area is 126 Å². The van der Waals surface area contributed by atoms with Crippen LogP contribution in [-0.2, 0) is 19.1 Å². The minimum atomic E-state index is -0.647. The Kier molecular flexibility index (Phi) is 5.75. The molecule has 1 fully saturated rings. The first-order valence-corrected chi connectivity index (χ1v) is 7.44. The molecule has 1 rings (SSSR count). The standard InChI is InChI=1S/C15H26N2O4/c1-6-21-12(18)9-17(11-7-8-11)13(19)10(2)16-14(20)15(3,4)5/h10-11H,6-9H2,1-5H3,(H,16,20). The molecule has 21 heavy (non-hydrogen) atoms. The third kappa shape index (κ3) is 5.36. The molecule has 0 spiro atoms. The zero-order valence-electron chi connectivity index (χ0n) is 13.6. The summed E-state index contributed by atoms with van der Waals surface area (Å²) in [5.41, 5.74) is -0.555. The largest absolute Gasteiger partial charge is 0.465 e. The van der Waals surface area contributed by atoms with Crippen LogP contribution in [0.5, 0.6) is 0 Å². The lowest BCUT2D eigenvalue weighted by Gasteiger charge is -2.27. The number of rotatable bonds is 6. The first kappa shape index (κ1) is 17.5. The molecule has 0 aromatic rings. The molecule has 2 amide bonds. The van der Waals surface area contributed by atoms with E-state index in [1.165, 1.54) is 4.90 Å². The highest BCUT2D eigenvalue weighted by Gasteiger charge is 2.37. The summed E-state index contributed by atoms with van der Waals surface area (Å²) >= 11 is 0. The second-order valence-electron chi connectivity index (χ2n) is 6.45. The van der Waals surface area contributed by atoms with Crippen molar-refractivity contribution in [3.63, 3.8) is 0 Å². The summed E-state index contributed by atoms with van der Waals surface area (Å²) in [6.45, 7) is 8.99. The molecule has 6 heteroatoms. The quantitative estimate of drug-likeness (QED) is 0.745. The van der Waals surface area contributed by atoms with E-state index in [4.69, 9.17) is 4.74 Å². The molecule has 1 aliphatic rings. The molecule has 1 aliphatic carbocycles. The average molecular weight is 298 g/mol. The number of carbonyl (C=O) groups is 3. The van der Waals surface area contributed by atoms with Gasteiger partial charge in [0, 0.05) is 11.5 Å². The monoisotopic (exact) mass is 298 g/mol. The third-order valence-corrected chi connectivity index (χ3v) is 3.27. The van der Waals surface area contributed by atoms with Crippen molar-refractivity contribution in [2.24, 2.45) is 5.41 Å². The molecular weight excluding hydrogens is 272 g/mol. The lowest BCUT2D eigenvalue weighted by Crippen LogP contribution is -2.51. The average Bonchev–Trinajstić information content (AvgIpc) is 3.18. The maximum absolute atomic E-state index is 12.4. The molecule has 0 bridgehead atoms. The van der Waals surface area contributed by atoms with Crippen LogP contribution in [0, 0.1) is 5.41 Å². The van der Waals surface area contributed by atoms with Gasteiger partial charge in [-0.05, 0) is 26.7 Å². The van der Waals surface area contributed by atoms with Crippen LogP contribution in [0.15, 0.2) is 0 Å². The molecule has 0 heterocycles. The Hall–Kier alpha value is -1.59. The van der Waals surface area contributed by atoms with E-state index in [0.29, 0.717) is 6.61 Å². The molecule has 120 valence electrons. The first-order valence-electron chi connectivity index (χ1n) is 7.44. The van der Waals surface area contributed by atoms with E-state index in [9.17, 15) is 14.4 Å². The number of carbonyl (C=O) groups excluding carboxylic acids is 3. The van der Waals surface area contributed by atoms with Gasteiger partial charge in [-0.3, -0.25) is 14.4 Å². The second-order valence-corrected chi connectivity index (χ2v) is 6.45.